The molecule has 0 saturated carbocycles. The number of ether oxygens (including phenoxy) is 1. The molecular weight excluding hydrogens is 239 g/mol. The van der Waals surface area contributed by atoms with Gasteiger partial charge in [-0.15, -0.1) is 0 Å². The van der Waals surface area contributed by atoms with Crippen LogP contribution in [0, 0.1) is 0 Å². The Bertz CT molecular complexity index is 281. The minimum Gasteiger partial charge on any atom is -0.492 e. The third kappa shape index (κ3) is 1.34. The first kappa shape index (κ1) is 8.39. The molecule has 1 aromatic carbocycles. The molecule has 0 saturated heterocycles. The Balaban J connectivity index is 2.57. The summed E-state index contributed by atoms with van der Waals surface area (Å²) < 4.78 is 6.57. The van der Waals surface area contributed by atoms with Crippen LogP contribution < -0.4 is 4.74 Å². The van der Waals surface area contributed by atoms with Crippen molar-refractivity contribution in [2.45, 2.75) is 12.8 Å². The Hall–Kier alpha value is -0.210. The predicted octanol–water partition coefficient (Wildman–Crippen LogP) is 3.43. The highest BCUT2D eigenvalue weighted by atomic mass is 79.9. The van der Waals surface area contributed by atoms with Crippen molar-refractivity contribution >= 4 is 27.5 Å². The van der Waals surface area contributed by atoms with E-state index in [-0.39, 0.29) is 0 Å². The number of hydrogen-bond donors (Lipinski definition) is 0. The average molecular weight is 248 g/mol. The maximum atomic E-state index is 5.97. The minimum atomic E-state index is 0.716. The summed E-state index contributed by atoms with van der Waals surface area (Å²) in [5.41, 5.74) is 1.20. The quantitative estimate of drug-likeness (QED) is 0.682. The van der Waals surface area contributed by atoms with E-state index in [1.54, 1.807) is 0 Å². The summed E-state index contributed by atoms with van der Waals surface area (Å²) in [7, 11) is 0. The van der Waals surface area contributed by atoms with Gasteiger partial charge in [0.1, 0.15) is 5.75 Å². The predicted molar refractivity (Wildman–Crippen MR) is 53.0 cm³/mol. The molecule has 0 N–H and O–H groups in total. The van der Waals surface area contributed by atoms with Crippen molar-refractivity contribution in [1.29, 1.82) is 0 Å². The number of rotatable bonds is 0. The van der Waals surface area contributed by atoms with Gasteiger partial charge in [0.25, 0.3) is 0 Å². The largest absolute Gasteiger partial charge is 0.492 e. The van der Waals surface area contributed by atoms with E-state index in [2.05, 4.69) is 15.9 Å². The highest BCUT2D eigenvalue weighted by molar-refractivity contribution is 9.10. The molecule has 1 aliphatic heterocycles. The average Bonchev–Trinajstić information content (AvgIpc) is 2.12. The van der Waals surface area contributed by atoms with Gasteiger partial charge in [0.15, 0.2) is 0 Å². The van der Waals surface area contributed by atoms with E-state index in [9.17, 15) is 0 Å². The van der Waals surface area contributed by atoms with Gasteiger partial charge in [0.2, 0.25) is 0 Å². The molecule has 0 amide bonds. The Morgan fingerprint density at radius 1 is 1.42 bits per heavy atom. The lowest BCUT2D eigenvalue weighted by atomic mass is 10.1. The molecule has 3 heteroatoms. The molecule has 0 spiro atoms. The first-order valence-electron chi connectivity index (χ1n) is 3.89. The zero-order chi connectivity index (χ0) is 8.55. The summed E-state index contributed by atoms with van der Waals surface area (Å²) in [6.07, 6.45) is 2.13. The van der Waals surface area contributed by atoms with Gasteiger partial charge in [-0.2, -0.15) is 0 Å². The first-order valence-corrected chi connectivity index (χ1v) is 5.06. The maximum absolute atomic E-state index is 5.97. The summed E-state index contributed by atoms with van der Waals surface area (Å²) in [5, 5.41) is 0.716. The van der Waals surface area contributed by atoms with Crippen molar-refractivity contribution in [2.24, 2.45) is 0 Å². The van der Waals surface area contributed by atoms with Crippen molar-refractivity contribution in [2.75, 3.05) is 6.61 Å². The van der Waals surface area contributed by atoms with E-state index in [1.807, 2.05) is 12.1 Å². The van der Waals surface area contributed by atoms with Gasteiger partial charge in [-0.1, -0.05) is 27.5 Å². The third-order valence-electron chi connectivity index (χ3n) is 1.97. The van der Waals surface area contributed by atoms with Crippen LogP contribution in [0.4, 0.5) is 0 Å². The van der Waals surface area contributed by atoms with Crippen molar-refractivity contribution in [3.8, 4) is 5.75 Å². The molecule has 1 aliphatic rings. The third-order valence-corrected chi connectivity index (χ3v) is 3.01. The molecule has 0 radical (unpaired) electrons. The second kappa shape index (κ2) is 3.27. The normalized spacial score (nSPS) is 15.2. The van der Waals surface area contributed by atoms with E-state index in [4.69, 9.17) is 16.3 Å². The van der Waals surface area contributed by atoms with Crippen molar-refractivity contribution < 1.29 is 4.74 Å². The second-order valence-electron chi connectivity index (χ2n) is 2.79. The summed E-state index contributed by atoms with van der Waals surface area (Å²) in [6, 6.07) is 3.83. The monoisotopic (exact) mass is 246 g/mol. The molecule has 0 bridgehead atoms. The summed E-state index contributed by atoms with van der Waals surface area (Å²) in [4.78, 5) is 0. The van der Waals surface area contributed by atoms with Gasteiger partial charge in [-0.3, -0.25) is 0 Å². The SMILES string of the molecule is Clc1ccc(Br)c2c1OCCC2. The molecule has 0 fully saturated rings. The van der Waals surface area contributed by atoms with Gasteiger partial charge in [0, 0.05) is 10.0 Å². The molecule has 1 heterocycles. The van der Waals surface area contributed by atoms with Crippen LogP contribution >= 0.6 is 27.5 Å². The van der Waals surface area contributed by atoms with Gasteiger partial charge < -0.3 is 4.74 Å². The number of halogens is 2. The van der Waals surface area contributed by atoms with Gasteiger partial charge in [-0.25, -0.2) is 0 Å². The number of fused-ring (bicyclic) bond motifs is 1. The zero-order valence-electron chi connectivity index (χ0n) is 6.44. The molecule has 0 aromatic heterocycles. The van der Waals surface area contributed by atoms with Crippen LogP contribution in [0.1, 0.15) is 12.0 Å². The second-order valence-corrected chi connectivity index (χ2v) is 4.05. The maximum Gasteiger partial charge on any atom is 0.142 e. The van der Waals surface area contributed by atoms with Gasteiger partial charge >= 0.3 is 0 Å². The van der Waals surface area contributed by atoms with Crippen LogP contribution in [0.2, 0.25) is 5.02 Å². The van der Waals surface area contributed by atoms with Crippen LogP contribution in [0.25, 0.3) is 0 Å². The van der Waals surface area contributed by atoms with E-state index in [0.717, 1.165) is 29.7 Å². The fourth-order valence-electron chi connectivity index (χ4n) is 1.39. The minimum absolute atomic E-state index is 0.716. The standard InChI is InChI=1S/C9H8BrClO/c10-7-3-4-8(11)9-6(7)2-1-5-12-9/h3-4H,1-2,5H2. The van der Waals surface area contributed by atoms with Crippen molar-refractivity contribution in [3.63, 3.8) is 0 Å². The Morgan fingerprint density at radius 3 is 3.00 bits per heavy atom. The van der Waals surface area contributed by atoms with E-state index >= 15 is 0 Å². The highest BCUT2D eigenvalue weighted by Crippen LogP contribution is 2.37. The van der Waals surface area contributed by atoms with Crippen LogP contribution in [-0.4, -0.2) is 6.61 Å². The lowest BCUT2D eigenvalue weighted by Crippen LogP contribution is -2.09. The fourth-order valence-corrected chi connectivity index (χ4v) is 2.13. The first-order chi connectivity index (χ1) is 5.79. The molecular formula is C9H8BrClO. The molecule has 0 aliphatic carbocycles. The molecule has 1 aromatic rings. The Labute approximate surface area is 84.8 Å². The molecule has 1 nitrogen and oxygen atoms in total. The number of benzene rings is 1. The summed E-state index contributed by atoms with van der Waals surface area (Å²) >= 11 is 9.45. The lowest BCUT2D eigenvalue weighted by molar-refractivity contribution is 0.288. The Morgan fingerprint density at radius 2 is 2.25 bits per heavy atom. The molecule has 2 rings (SSSR count). The fraction of sp³-hybridized carbons (Fsp3) is 0.333. The summed E-state index contributed by atoms with van der Waals surface area (Å²) in [6.45, 7) is 0.781. The van der Waals surface area contributed by atoms with Crippen molar-refractivity contribution in [1.82, 2.24) is 0 Å². The van der Waals surface area contributed by atoms with E-state index in [0.29, 0.717) is 5.02 Å². The van der Waals surface area contributed by atoms with E-state index in [1.165, 1.54) is 5.56 Å². The topological polar surface area (TPSA) is 9.23 Å². The lowest BCUT2D eigenvalue weighted by Gasteiger charge is -2.19. The van der Waals surface area contributed by atoms with E-state index < -0.39 is 0 Å². The zero-order valence-corrected chi connectivity index (χ0v) is 8.78. The van der Waals surface area contributed by atoms with Crippen LogP contribution in [-0.2, 0) is 6.42 Å². The van der Waals surface area contributed by atoms with Crippen LogP contribution in [0.3, 0.4) is 0 Å². The molecule has 64 valence electrons. The van der Waals surface area contributed by atoms with Crippen molar-refractivity contribution in [3.05, 3.63) is 27.2 Å². The van der Waals surface area contributed by atoms with Crippen LogP contribution in [0.15, 0.2) is 16.6 Å². The molecule has 12 heavy (non-hydrogen) atoms. The highest BCUT2D eigenvalue weighted by Gasteiger charge is 2.15. The number of hydrogen-bond acceptors (Lipinski definition) is 1. The smallest absolute Gasteiger partial charge is 0.142 e. The van der Waals surface area contributed by atoms with Crippen LogP contribution in [0.5, 0.6) is 5.75 Å². The van der Waals surface area contributed by atoms with Gasteiger partial charge in [0.05, 0.1) is 11.6 Å². The molecule has 0 atom stereocenters. The Kier molecular flexibility index (Phi) is 2.28. The van der Waals surface area contributed by atoms with Gasteiger partial charge in [-0.05, 0) is 25.0 Å². The molecule has 0 unspecified atom stereocenters. The summed E-state index contributed by atoms with van der Waals surface area (Å²) in [5.74, 6) is 0.859.